The predicted molar refractivity (Wildman–Crippen MR) is 83.5 cm³/mol. The third-order valence-corrected chi connectivity index (χ3v) is 4.85. The molecule has 1 atom stereocenters. The molecule has 1 saturated carbocycles. The number of aliphatic carboxylic acids is 1. The fourth-order valence-corrected chi connectivity index (χ4v) is 3.45. The number of rotatable bonds is 4. The maximum atomic E-state index is 13.6. The number of ketones is 1. The minimum Gasteiger partial charge on any atom is -0.480 e. The van der Waals surface area contributed by atoms with Crippen molar-refractivity contribution < 1.29 is 27.9 Å². The normalized spacial score (nSPS) is 17.5. The quantitative estimate of drug-likeness (QED) is 0.582. The van der Waals surface area contributed by atoms with E-state index in [1.165, 1.54) is 13.0 Å². The second kappa shape index (κ2) is 7.13. The highest BCUT2D eigenvalue weighted by Crippen LogP contribution is 2.44. The van der Waals surface area contributed by atoms with Gasteiger partial charge >= 0.3 is 12.1 Å². The van der Waals surface area contributed by atoms with Gasteiger partial charge in [0.05, 0.1) is 5.56 Å². The number of carboxylic acids is 1. The van der Waals surface area contributed by atoms with Crippen molar-refractivity contribution in [3.05, 3.63) is 34.4 Å². The Morgan fingerprint density at radius 3 is 2.25 bits per heavy atom. The van der Waals surface area contributed by atoms with Crippen molar-refractivity contribution in [1.29, 1.82) is 0 Å². The van der Waals surface area contributed by atoms with E-state index in [1.54, 1.807) is 0 Å². The molecule has 0 aromatic heterocycles. The maximum absolute atomic E-state index is 13.6. The van der Waals surface area contributed by atoms with Crippen LogP contribution in [0.1, 0.15) is 77.4 Å². The van der Waals surface area contributed by atoms with Gasteiger partial charge in [0.2, 0.25) is 0 Å². The van der Waals surface area contributed by atoms with E-state index >= 15 is 0 Å². The molecule has 1 aliphatic carbocycles. The summed E-state index contributed by atoms with van der Waals surface area (Å²) in [6.07, 6.45) is -0.906. The second-order valence-electron chi connectivity index (χ2n) is 6.12. The molecule has 1 unspecified atom stereocenters. The van der Waals surface area contributed by atoms with E-state index in [0.29, 0.717) is 12.8 Å². The summed E-state index contributed by atoms with van der Waals surface area (Å²) in [7, 11) is 0. The molecular weight excluding hydrogens is 345 g/mol. The van der Waals surface area contributed by atoms with Gasteiger partial charge in [0.15, 0.2) is 11.2 Å². The van der Waals surface area contributed by atoms with Crippen molar-refractivity contribution in [3.8, 4) is 0 Å². The average Bonchev–Trinajstić information content (AvgIpc) is 2.52. The number of alkyl halides is 4. The van der Waals surface area contributed by atoms with E-state index in [9.17, 15) is 22.8 Å². The van der Waals surface area contributed by atoms with Crippen LogP contribution in [-0.2, 0) is 11.0 Å². The van der Waals surface area contributed by atoms with Gasteiger partial charge in [-0.25, -0.2) is 0 Å². The molecule has 1 fully saturated rings. The van der Waals surface area contributed by atoms with Crippen LogP contribution < -0.4 is 0 Å². The molecule has 1 aromatic rings. The summed E-state index contributed by atoms with van der Waals surface area (Å²) >= 11 is 5.70. The topological polar surface area (TPSA) is 54.4 Å². The number of halogens is 4. The summed E-state index contributed by atoms with van der Waals surface area (Å²) in [5, 5.41) is 7.34. The van der Waals surface area contributed by atoms with Crippen LogP contribution in [0.3, 0.4) is 0 Å². The molecule has 3 nitrogen and oxygen atoms in total. The molecule has 1 N–H and O–H groups in total. The van der Waals surface area contributed by atoms with E-state index in [1.807, 2.05) is 0 Å². The Hall–Kier alpha value is -1.56. The van der Waals surface area contributed by atoms with Crippen LogP contribution in [0.25, 0.3) is 0 Å². The minimum atomic E-state index is -4.68. The van der Waals surface area contributed by atoms with Crippen molar-refractivity contribution in [2.24, 2.45) is 0 Å². The molecule has 1 aromatic carbocycles. The van der Waals surface area contributed by atoms with Crippen LogP contribution in [0.5, 0.6) is 0 Å². The molecule has 7 heteroatoms. The lowest BCUT2D eigenvalue weighted by Gasteiger charge is -2.28. The van der Waals surface area contributed by atoms with Gasteiger partial charge in [-0.05, 0) is 48.9 Å². The number of carbonyl (C=O) groups excluding carboxylic acids is 1. The van der Waals surface area contributed by atoms with Crippen molar-refractivity contribution in [2.75, 3.05) is 0 Å². The third kappa shape index (κ3) is 3.91. The van der Waals surface area contributed by atoms with Gasteiger partial charge in [-0.15, -0.1) is 11.6 Å². The largest absolute Gasteiger partial charge is 0.480 e. The van der Waals surface area contributed by atoms with Crippen LogP contribution in [0, 0.1) is 0 Å². The lowest BCUT2D eigenvalue weighted by atomic mass is 9.78. The Bertz CT molecular complexity index is 649. The third-order valence-electron chi connectivity index (χ3n) is 4.41. The van der Waals surface area contributed by atoms with Gasteiger partial charge < -0.3 is 5.11 Å². The summed E-state index contributed by atoms with van der Waals surface area (Å²) < 4.78 is 40.8. The van der Waals surface area contributed by atoms with Gasteiger partial charge in [-0.2, -0.15) is 13.2 Å². The number of Topliss-reactive ketones (excluding diaryl/α,β-unsaturated/α-hetero) is 1. The second-order valence-corrected chi connectivity index (χ2v) is 6.56. The highest BCUT2D eigenvalue weighted by Gasteiger charge is 2.39. The van der Waals surface area contributed by atoms with E-state index in [4.69, 9.17) is 16.7 Å². The Morgan fingerprint density at radius 1 is 1.21 bits per heavy atom. The van der Waals surface area contributed by atoms with E-state index in [0.717, 1.165) is 25.3 Å². The molecule has 0 aliphatic heterocycles. The Balaban J connectivity index is 2.70. The van der Waals surface area contributed by atoms with E-state index in [2.05, 4.69) is 0 Å². The fraction of sp³-hybridized carbons (Fsp3) is 0.529. The van der Waals surface area contributed by atoms with Gasteiger partial charge in [0.1, 0.15) is 0 Å². The Labute approximate surface area is 142 Å². The molecule has 0 saturated heterocycles. The number of benzene rings is 1. The molecule has 1 aliphatic rings. The Morgan fingerprint density at radius 2 is 1.79 bits per heavy atom. The zero-order chi connectivity index (χ0) is 18.1. The number of hydrogen-bond donors (Lipinski definition) is 1. The lowest BCUT2D eigenvalue weighted by Crippen LogP contribution is -2.19. The van der Waals surface area contributed by atoms with Crippen LogP contribution in [0.2, 0.25) is 0 Å². The molecular formula is C17H18ClF3O3. The molecule has 0 spiro atoms. The molecule has 0 bridgehead atoms. The van der Waals surface area contributed by atoms with Gasteiger partial charge in [-0.3, -0.25) is 9.59 Å². The van der Waals surface area contributed by atoms with Gasteiger partial charge in [0, 0.05) is 5.56 Å². The Kier molecular flexibility index (Phi) is 5.58. The standard InChI is InChI=1S/C17H18ClF3O3/c1-9(22)12-7-11(15(18)16(23)24)8-13(17(19,20)21)14(12)10-5-3-2-4-6-10/h7-8,10,15H,2-6H2,1H3,(H,23,24). The van der Waals surface area contributed by atoms with Crippen LogP contribution in [-0.4, -0.2) is 16.9 Å². The van der Waals surface area contributed by atoms with E-state index in [-0.39, 0.29) is 22.6 Å². The highest BCUT2D eigenvalue weighted by atomic mass is 35.5. The molecule has 0 amide bonds. The van der Waals surface area contributed by atoms with Crippen molar-refractivity contribution in [3.63, 3.8) is 0 Å². The fourth-order valence-electron chi connectivity index (χ4n) is 3.32. The number of hydrogen-bond acceptors (Lipinski definition) is 2. The summed E-state index contributed by atoms with van der Waals surface area (Å²) in [5.74, 6) is -2.32. The molecule has 24 heavy (non-hydrogen) atoms. The van der Waals surface area contributed by atoms with Crippen molar-refractivity contribution in [2.45, 2.75) is 56.5 Å². The molecule has 2 rings (SSSR count). The SMILES string of the molecule is CC(=O)c1cc(C(Cl)C(=O)O)cc(C(F)(F)F)c1C1CCCCC1. The number of carboxylic acid groups (broad SMARTS) is 1. The summed E-state index contributed by atoms with van der Waals surface area (Å²) in [6, 6.07) is 1.98. The van der Waals surface area contributed by atoms with Crippen LogP contribution in [0.15, 0.2) is 12.1 Å². The summed E-state index contributed by atoms with van der Waals surface area (Å²) in [6.45, 7) is 1.19. The van der Waals surface area contributed by atoms with Gasteiger partial charge in [-0.1, -0.05) is 19.3 Å². The molecule has 0 heterocycles. The zero-order valence-corrected chi connectivity index (χ0v) is 13.9. The highest BCUT2D eigenvalue weighted by molar-refractivity contribution is 6.29. The first-order chi connectivity index (χ1) is 11.1. The predicted octanol–water partition coefficient (Wildman–Crippen LogP) is 5.32. The molecule has 0 radical (unpaired) electrons. The lowest BCUT2D eigenvalue weighted by molar-refractivity contribution is -0.139. The smallest absolute Gasteiger partial charge is 0.416 e. The van der Waals surface area contributed by atoms with Crippen LogP contribution in [0.4, 0.5) is 13.2 Å². The number of carbonyl (C=O) groups is 2. The summed E-state index contributed by atoms with van der Waals surface area (Å²) in [4.78, 5) is 23.0. The summed E-state index contributed by atoms with van der Waals surface area (Å²) in [5.41, 5.74) is -1.24. The zero-order valence-electron chi connectivity index (χ0n) is 13.1. The van der Waals surface area contributed by atoms with Crippen molar-refractivity contribution >= 4 is 23.4 Å². The minimum absolute atomic E-state index is 0.00675. The first-order valence-electron chi connectivity index (χ1n) is 7.75. The van der Waals surface area contributed by atoms with Crippen molar-refractivity contribution in [1.82, 2.24) is 0 Å². The first-order valence-corrected chi connectivity index (χ1v) is 8.19. The first kappa shape index (κ1) is 18.8. The maximum Gasteiger partial charge on any atom is 0.416 e. The monoisotopic (exact) mass is 362 g/mol. The van der Waals surface area contributed by atoms with E-state index < -0.39 is 28.9 Å². The molecule has 132 valence electrons. The van der Waals surface area contributed by atoms with Gasteiger partial charge in [0.25, 0.3) is 0 Å². The average molecular weight is 363 g/mol. The van der Waals surface area contributed by atoms with Crippen LogP contribution >= 0.6 is 11.6 Å².